The quantitative estimate of drug-likeness (QED) is 0.725. The first kappa shape index (κ1) is 9.06. The zero-order valence-electron chi connectivity index (χ0n) is 8.44. The van der Waals surface area contributed by atoms with Gasteiger partial charge in [0.1, 0.15) is 5.82 Å². The Labute approximate surface area is 83.2 Å². The summed E-state index contributed by atoms with van der Waals surface area (Å²) in [5, 5.41) is 1.05. The molecule has 1 atom stereocenters. The van der Waals surface area contributed by atoms with Gasteiger partial charge in [-0.25, -0.2) is 9.97 Å². The summed E-state index contributed by atoms with van der Waals surface area (Å²) in [5.74, 6) is 1.33. The van der Waals surface area contributed by atoms with Gasteiger partial charge >= 0.3 is 0 Å². The average Bonchev–Trinajstić information content (AvgIpc) is 2.27. The molecule has 0 aromatic carbocycles. The third-order valence-electron chi connectivity index (χ3n) is 2.46. The molecule has 0 bridgehead atoms. The van der Waals surface area contributed by atoms with E-state index in [4.69, 9.17) is 0 Å². The van der Waals surface area contributed by atoms with E-state index < -0.39 is 0 Å². The van der Waals surface area contributed by atoms with Crippen molar-refractivity contribution in [3.8, 4) is 0 Å². The van der Waals surface area contributed by atoms with Gasteiger partial charge < -0.3 is 0 Å². The van der Waals surface area contributed by atoms with Crippen molar-refractivity contribution in [3.05, 3.63) is 30.5 Å². The number of pyridine rings is 1. The Bertz CT molecular complexity index is 439. The molecule has 14 heavy (non-hydrogen) atoms. The fraction of sp³-hybridized carbons (Fsp3) is 0.364. The molecule has 2 rings (SSSR count). The minimum atomic E-state index is 0.416. The Morgan fingerprint density at radius 2 is 2.21 bits per heavy atom. The molecule has 0 aliphatic rings. The molecule has 2 aromatic heterocycles. The van der Waals surface area contributed by atoms with Crippen LogP contribution in [-0.4, -0.2) is 15.0 Å². The molecule has 3 nitrogen and oxygen atoms in total. The van der Waals surface area contributed by atoms with E-state index in [0.29, 0.717) is 5.92 Å². The highest BCUT2D eigenvalue weighted by Gasteiger charge is 2.06. The van der Waals surface area contributed by atoms with Crippen LogP contribution < -0.4 is 0 Å². The Morgan fingerprint density at radius 1 is 1.36 bits per heavy atom. The zero-order valence-corrected chi connectivity index (χ0v) is 8.44. The van der Waals surface area contributed by atoms with E-state index in [9.17, 15) is 0 Å². The van der Waals surface area contributed by atoms with Gasteiger partial charge in [0, 0.05) is 23.7 Å². The largest absolute Gasteiger partial charge is 0.262 e. The van der Waals surface area contributed by atoms with Crippen LogP contribution in [0.3, 0.4) is 0 Å². The van der Waals surface area contributed by atoms with E-state index in [1.165, 1.54) is 0 Å². The topological polar surface area (TPSA) is 38.7 Å². The van der Waals surface area contributed by atoms with Crippen LogP contribution in [0.2, 0.25) is 0 Å². The van der Waals surface area contributed by atoms with Crippen LogP contribution in [-0.2, 0) is 0 Å². The van der Waals surface area contributed by atoms with Gasteiger partial charge in [0.05, 0.1) is 11.7 Å². The van der Waals surface area contributed by atoms with Crippen molar-refractivity contribution >= 4 is 10.9 Å². The number of fused-ring (bicyclic) bond motifs is 1. The molecule has 0 radical (unpaired) electrons. The van der Waals surface area contributed by atoms with E-state index in [-0.39, 0.29) is 0 Å². The third-order valence-corrected chi connectivity index (χ3v) is 2.46. The van der Waals surface area contributed by atoms with Crippen LogP contribution in [0.4, 0.5) is 0 Å². The Hall–Kier alpha value is -1.51. The van der Waals surface area contributed by atoms with Crippen molar-refractivity contribution in [3.63, 3.8) is 0 Å². The highest BCUT2D eigenvalue weighted by molar-refractivity contribution is 5.76. The first-order valence-corrected chi connectivity index (χ1v) is 4.88. The summed E-state index contributed by atoms with van der Waals surface area (Å²) in [6.45, 7) is 4.28. The SMILES string of the molecule is CCC(C)c1ncc2ccncc2n1. The van der Waals surface area contributed by atoms with E-state index >= 15 is 0 Å². The van der Waals surface area contributed by atoms with Crippen molar-refractivity contribution < 1.29 is 0 Å². The fourth-order valence-electron chi connectivity index (χ4n) is 1.31. The molecule has 0 spiro atoms. The van der Waals surface area contributed by atoms with Crippen molar-refractivity contribution in [1.82, 2.24) is 15.0 Å². The summed E-state index contributed by atoms with van der Waals surface area (Å²) in [5.41, 5.74) is 0.929. The first-order valence-electron chi connectivity index (χ1n) is 4.88. The molecule has 72 valence electrons. The van der Waals surface area contributed by atoms with Crippen molar-refractivity contribution in [2.45, 2.75) is 26.2 Å². The maximum atomic E-state index is 4.47. The van der Waals surface area contributed by atoms with Crippen molar-refractivity contribution in [2.24, 2.45) is 0 Å². The second kappa shape index (κ2) is 3.70. The molecule has 0 aliphatic carbocycles. The molecule has 0 saturated heterocycles. The van der Waals surface area contributed by atoms with Crippen LogP contribution in [0.5, 0.6) is 0 Å². The highest BCUT2D eigenvalue weighted by atomic mass is 14.9. The molecular weight excluding hydrogens is 174 g/mol. The summed E-state index contributed by atoms with van der Waals surface area (Å²) in [4.78, 5) is 12.9. The summed E-state index contributed by atoms with van der Waals surface area (Å²) >= 11 is 0. The zero-order chi connectivity index (χ0) is 9.97. The maximum absolute atomic E-state index is 4.47. The van der Waals surface area contributed by atoms with Gasteiger partial charge in [-0.3, -0.25) is 4.98 Å². The molecule has 3 heteroatoms. The van der Waals surface area contributed by atoms with Gasteiger partial charge in [0.15, 0.2) is 0 Å². The second-order valence-corrected chi connectivity index (χ2v) is 3.47. The molecule has 2 heterocycles. The standard InChI is InChI=1S/C11H13N3/c1-3-8(2)11-13-6-9-4-5-12-7-10(9)14-11/h4-8H,3H2,1-2H3. The first-order chi connectivity index (χ1) is 6.81. The second-order valence-electron chi connectivity index (χ2n) is 3.47. The van der Waals surface area contributed by atoms with E-state index in [1.54, 1.807) is 12.4 Å². The van der Waals surface area contributed by atoms with Gasteiger partial charge in [0.2, 0.25) is 0 Å². The predicted molar refractivity (Wildman–Crippen MR) is 56.0 cm³/mol. The van der Waals surface area contributed by atoms with E-state index in [0.717, 1.165) is 23.1 Å². The third kappa shape index (κ3) is 1.58. The van der Waals surface area contributed by atoms with Crippen LogP contribution in [0.15, 0.2) is 24.7 Å². The number of rotatable bonds is 2. The van der Waals surface area contributed by atoms with Gasteiger partial charge in [-0.1, -0.05) is 13.8 Å². The average molecular weight is 187 g/mol. The minimum Gasteiger partial charge on any atom is -0.262 e. The number of nitrogens with zero attached hydrogens (tertiary/aromatic N) is 3. The molecular formula is C11H13N3. The monoisotopic (exact) mass is 187 g/mol. The number of hydrogen-bond donors (Lipinski definition) is 0. The lowest BCUT2D eigenvalue weighted by Gasteiger charge is -2.06. The smallest absolute Gasteiger partial charge is 0.131 e. The number of aromatic nitrogens is 3. The van der Waals surface area contributed by atoms with E-state index in [1.807, 2.05) is 12.3 Å². The molecule has 0 fully saturated rings. The van der Waals surface area contributed by atoms with Crippen LogP contribution in [0, 0.1) is 0 Å². The van der Waals surface area contributed by atoms with Gasteiger partial charge in [0.25, 0.3) is 0 Å². The molecule has 1 unspecified atom stereocenters. The maximum Gasteiger partial charge on any atom is 0.131 e. The Morgan fingerprint density at radius 3 is 3.00 bits per heavy atom. The van der Waals surface area contributed by atoms with E-state index in [2.05, 4.69) is 28.8 Å². The molecule has 2 aromatic rings. The van der Waals surface area contributed by atoms with Gasteiger partial charge in [-0.15, -0.1) is 0 Å². The summed E-state index contributed by atoms with van der Waals surface area (Å²) in [6.07, 6.45) is 6.47. The van der Waals surface area contributed by atoms with Crippen LogP contribution >= 0.6 is 0 Å². The van der Waals surface area contributed by atoms with Crippen LogP contribution in [0.25, 0.3) is 10.9 Å². The minimum absolute atomic E-state index is 0.416. The molecule has 0 saturated carbocycles. The Balaban J connectivity index is 2.51. The van der Waals surface area contributed by atoms with Crippen LogP contribution in [0.1, 0.15) is 32.0 Å². The molecule has 0 N–H and O–H groups in total. The van der Waals surface area contributed by atoms with Crippen molar-refractivity contribution in [2.75, 3.05) is 0 Å². The summed E-state index contributed by atoms with van der Waals surface area (Å²) < 4.78 is 0. The normalized spacial score (nSPS) is 13.0. The molecule has 0 amide bonds. The lowest BCUT2D eigenvalue weighted by Crippen LogP contribution is -1.99. The molecule has 0 aliphatic heterocycles. The fourth-order valence-corrected chi connectivity index (χ4v) is 1.31. The summed E-state index contributed by atoms with van der Waals surface area (Å²) in [6, 6.07) is 1.93. The van der Waals surface area contributed by atoms with Gasteiger partial charge in [-0.05, 0) is 12.5 Å². The lowest BCUT2D eigenvalue weighted by molar-refractivity contribution is 0.683. The Kier molecular flexibility index (Phi) is 2.39. The predicted octanol–water partition coefficient (Wildman–Crippen LogP) is 2.54. The highest BCUT2D eigenvalue weighted by Crippen LogP contribution is 2.16. The number of hydrogen-bond acceptors (Lipinski definition) is 3. The van der Waals surface area contributed by atoms with Gasteiger partial charge in [-0.2, -0.15) is 0 Å². The lowest BCUT2D eigenvalue weighted by atomic mass is 10.1. The van der Waals surface area contributed by atoms with Crippen molar-refractivity contribution in [1.29, 1.82) is 0 Å². The summed E-state index contributed by atoms with van der Waals surface area (Å²) in [7, 11) is 0.